The average molecular weight is 355 g/mol. The standard InChI is InChI=1S/C18H13NO3S2/c1-11-6-8-12(9-7-11)17(21)22-14-5-3-2-4-13(14)10-15-16(20)19-18(23)24-15/h2-10H,1H3,(H,19,20,23)/b15-10-. The maximum absolute atomic E-state index is 12.3. The molecule has 1 aliphatic rings. The number of aryl methyl sites for hydroxylation is 1. The SMILES string of the molecule is Cc1ccc(C(=O)Oc2ccccc2/C=C2\SC(=S)NC2=O)cc1. The van der Waals surface area contributed by atoms with Gasteiger partial charge in [-0.05, 0) is 31.2 Å². The van der Waals surface area contributed by atoms with Gasteiger partial charge in [-0.25, -0.2) is 4.79 Å². The number of carbonyl (C=O) groups is 2. The number of amides is 1. The van der Waals surface area contributed by atoms with Crippen LogP contribution in [0.15, 0.2) is 53.4 Å². The summed E-state index contributed by atoms with van der Waals surface area (Å²) in [5.41, 5.74) is 2.18. The Kier molecular flexibility index (Phi) is 4.78. The van der Waals surface area contributed by atoms with Crippen molar-refractivity contribution in [3.8, 4) is 5.75 Å². The van der Waals surface area contributed by atoms with Gasteiger partial charge in [0.25, 0.3) is 5.91 Å². The summed E-state index contributed by atoms with van der Waals surface area (Å²) in [4.78, 5) is 24.5. The normalized spacial score (nSPS) is 15.5. The summed E-state index contributed by atoms with van der Waals surface area (Å²) in [7, 11) is 0. The lowest BCUT2D eigenvalue weighted by Gasteiger charge is -2.08. The summed E-state index contributed by atoms with van der Waals surface area (Å²) in [5.74, 6) is -0.300. The van der Waals surface area contributed by atoms with E-state index in [1.54, 1.807) is 36.4 Å². The van der Waals surface area contributed by atoms with Gasteiger partial charge >= 0.3 is 5.97 Å². The molecule has 1 N–H and O–H groups in total. The van der Waals surface area contributed by atoms with Gasteiger partial charge in [-0.3, -0.25) is 4.79 Å². The zero-order valence-electron chi connectivity index (χ0n) is 12.7. The second-order valence-electron chi connectivity index (χ2n) is 5.15. The number of esters is 1. The predicted molar refractivity (Wildman–Crippen MR) is 98.9 cm³/mol. The molecule has 0 unspecified atom stereocenters. The average Bonchev–Trinajstić information content (AvgIpc) is 2.87. The van der Waals surface area contributed by atoms with Crippen LogP contribution in [0, 0.1) is 6.92 Å². The van der Waals surface area contributed by atoms with Gasteiger partial charge in [-0.2, -0.15) is 0 Å². The van der Waals surface area contributed by atoms with Crippen LogP contribution in [0.4, 0.5) is 0 Å². The molecule has 0 aromatic heterocycles. The van der Waals surface area contributed by atoms with Crippen molar-refractivity contribution < 1.29 is 14.3 Å². The molecule has 0 aliphatic carbocycles. The molecule has 1 fully saturated rings. The van der Waals surface area contributed by atoms with E-state index in [4.69, 9.17) is 17.0 Å². The first kappa shape index (κ1) is 16.4. The van der Waals surface area contributed by atoms with Crippen molar-refractivity contribution >= 4 is 46.3 Å². The molecule has 4 nitrogen and oxygen atoms in total. The molecule has 2 aromatic rings. The number of thioether (sulfide) groups is 1. The molecule has 1 amide bonds. The number of para-hydroxylation sites is 1. The minimum atomic E-state index is -0.445. The lowest BCUT2D eigenvalue weighted by Crippen LogP contribution is -2.17. The summed E-state index contributed by atoms with van der Waals surface area (Å²) in [6, 6.07) is 14.2. The van der Waals surface area contributed by atoms with E-state index in [2.05, 4.69) is 5.32 Å². The molecule has 1 aliphatic heterocycles. The van der Waals surface area contributed by atoms with E-state index in [1.807, 2.05) is 25.1 Å². The van der Waals surface area contributed by atoms with Crippen LogP contribution in [0.25, 0.3) is 6.08 Å². The van der Waals surface area contributed by atoms with Crippen molar-refractivity contribution in [3.63, 3.8) is 0 Å². The van der Waals surface area contributed by atoms with Crippen LogP contribution in [0.1, 0.15) is 21.5 Å². The van der Waals surface area contributed by atoms with Gasteiger partial charge in [-0.1, -0.05) is 59.9 Å². The highest BCUT2D eigenvalue weighted by molar-refractivity contribution is 8.26. The second kappa shape index (κ2) is 6.98. The Morgan fingerprint density at radius 1 is 1.17 bits per heavy atom. The van der Waals surface area contributed by atoms with E-state index < -0.39 is 5.97 Å². The quantitative estimate of drug-likeness (QED) is 0.394. The number of carbonyl (C=O) groups excluding carboxylic acids is 2. The smallest absolute Gasteiger partial charge is 0.343 e. The van der Waals surface area contributed by atoms with E-state index in [0.717, 1.165) is 5.56 Å². The summed E-state index contributed by atoms with van der Waals surface area (Å²) in [6.07, 6.45) is 1.66. The molecule has 1 saturated heterocycles. The molecule has 2 aromatic carbocycles. The maximum Gasteiger partial charge on any atom is 0.343 e. The molecule has 0 atom stereocenters. The highest BCUT2D eigenvalue weighted by atomic mass is 32.2. The molecular formula is C18H13NO3S2. The monoisotopic (exact) mass is 355 g/mol. The molecule has 0 bridgehead atoms. The van der Waals surface area contributed by atoms with Crippen LogP contribution in [0.5, 0.6) is 5.75 Å². The number of benzene rings is 2. The Balaban J connectivity index is 1.86. The molecule has 1 heterocycles. The number of rotatable bonds is 3. The fourth-order valence-electron chi connectivity index (χ4n) is 2.10. The molecule has 24 heavy (non-hydrogen) atoms. The van der Waals surface area contributed by atoms with Crippen molar-refractivity contribution in [2.45, 2.75) is 6.92 Å². The third-order valence-electron chi connectivity index (χ3n) is 3.34. The van der Waals surface area contributed by atoms with Gasteiger partial charge in [0.1, 0.15) is 10.1 Å². The van der Waals surface area contributed by atoms with Gasteiger partial charge in [0.2, 0.25) is 0 Å². The first-order chi connectivity index (χ1) is 11.5. The minimum absolute atomic E-state index is 0.246. The van der Waals surface area contributed by atoms with Gasteiger partial charge in [0, 0.05) is 5.56 Å². The Bertz CT molecular complexity index is 857. The summed E-state index contributed by atoms with van der Waals surface area (Å²) >= 11 is 6.16. The maximum atomic E-state index is 12.3. The highest BCUT2D eigenvalue weighted by Crippen LogP contribution is 2.29. The molecule has 120 valence electrons. The van der Waals surface area contributed by atoms with Crippen LogP contribution in [0.2, 0.25) is 0 Å². The van der Waals surface area contributed by atoms with Gasteiger partial charge in [-0.15, -0.1) is 0 Å². The molecule has 0 saturated carbocycles. The van der Waals surface area contributed by atoms with Crippen molar-refractivity contribution in [2.75, 3.05) is 0 Å². The molecule has 0 radical (unpaired) electrons. The van der Waals surface area contributed by atoms with Crippen molar-refractivity contribution in [2.24, 2.45) is 0 Å². The van der Waals surface area contributed by atoms with Gasteiger partial charge in [0.15, 0.2) is 0 Å². The van der Waals surface area contributed by atoms with Crippen LogP contribution in [-0.2, 0) is 4.79 Å². The molecular weight excluding hydrogens is 342 g/mol. The number of hydrogen-bond donors (Lipinski definition) is 1. The lowest BCUT2D eigenvalue weighted by molar-refractivity contribution is -0.115. The summed E-state index contributed by atoms with van der Waals surface area (Å²) in [5, 5.41) is 2.56. The fourth-order valence-corrected chi connectivity index (χ4v) is 3.14. The van der Waals surface area contributed by atoms with E-state index >= 15 is 0 Å². The predicted octanol–water partition coefficient (Wildman–Crippen LogP) is 3.70. The van der Waals surface area contributed by atoms with Crippen LogP contribution in [0.3, 0.4) is 0 Å². The van der Waals surface area contributed by atoms with Crippen LogP contribution < -0.4 is 10.1 Å². The Morgan fingerprint density at radius 3 is 2.54 bits per heavy atom. The van der Waals surface area contributed by atoms with Crippen LogP contribution >= 0.6 is 24.0 Å². The number of nitrogens with one attached hydrogen (secondary N) is 1. The third kappa shape index (κ3) is 3.72. The van der Waals surface area contributed by atoms with Crippen molar-refractivity contribution in [1.82, 2.24) is 5.32 Å². The Labute approximate surface area is 148 Å². The first-order valence-electron chi connectivity index (χ1n) is 7.15. The van der Waals surface area contributed by atoms with E-state index in [0.29, 0.717) is 26.1 Å². The Morgan fingerprint density at radius 2 is 1.88 bits per heavy atom. The topological polar surface area (TPSA) is 55.4 Å². The minimum Gasteiger partial charge on any atom is -0.422 e. The van der Waals surface area contributed by atoms with Crippen molar-refractivity contribution in [3.05, 3.63) is 70.1 Å². The van der Waals surface area contributed by atoms with E-state index in [1.165, 1.54) is 11.8 Å². The highest BCUT2D eigenvalue weighted by Gasteiger charge is 2.22. The summed E-state index contributed by atoms with van der Waals surface area (Å²) < 4.78 is 5.90. The van der Waals surface area contributed by atoms with Crippen LogP contribution in [-0.4, -0.2) is 16.2 Å². The summed E-state index contributed by atoms with van der Waals surface area (Å²) in [6.45, 7) is 1.95. The lowest BCUT2D eigenvalue weighted by atomic mass is 10.1. The molecule has 6 heteroatoms. The van der Waals surface area contributed by atoms with E-state index in [-0.39, 0.29) is 5.91 Å². The van der Waals surface area contributed by atoms with Gasteiger partial charge < -0.3 is 10.1 Å². The molecule has 0 spiro atoms. The largest absolute Gasteiger partial charge is 0.422 e. The molecule has 3 rings (SSSR count). The number of thiocarbonyl (C=S) groups is 1. The number of hydrogen-bond acceptors (Lipinski definition) is 5. The zero-order valence-corrected chi connectivity index (χ0v) is 14.4. The van der Waals surface area contributed by atoms with Crippen molar-refractivity contribution in [1.29, 1.82) is 0 Å². The Hall–Kier alpha value is -2.44. The third-order valence-corrected chi connectivity index (χ3v) is 4.50. The second-order valence-corrected chi connectivity index (χ2v) is 6.86. The first-order valence-corrected chi connectivity index (χ1v) is 8.38. The van der Waals surface area contributed by atoms with E-state index in [9.17, 15) is 9.59 Å². The number of ether oxygens (including phenoxy) is 1. The van der Waals surface area contributed by atoms with Gasteiger partial charge in [0.05, 0.1) is 10.5 Å². The zero-order chi connectivity index (χ0) is 17.1. The fraction of sp³-hybridized carbons (Fsp3) is 0.0556.